The molecule has 0 unspecified atom stereocenters. The van der Waals surface area contributed by atoms with Crippen molar-refractivity contribution in [1.82, 2.24) is 4.90 Å². The van der Waals surface area contributed by atoms with E-state index in [0.717, 1.165) is 4.90 Å². The summed E-state index contributed by atoms with van der Waals surface area (Å²) >= 11 is 0. The molecule has 0 saturated carbocycles. The minimum Gasteiger partial charge on any atom is -0.364 e. The van der Waals surface area contributed by atoms with Crippen LogP contribution in [0.2, 0.25) is 0 Å². The second kappa shape index (κ2) is 4.70. The van der Waals surface area contributed by atoms with Gasteiger partial charge < -0.3 is 4.74 Å². The van der Waals surface area contributed by atoms with Gasteiger partial charge in [0.15, 0.2) is 0 Å². The maximum absolute atomic E-state index is 13.7. The molecule has 0 fully saturated rings. The van der Waals surface area contributed by atoms with Crippen LogP contribution in [0.15, 0.2) is 29.8 Å². The Balaban J connectivity index is 2.49. The van der Waals surface area contributed by atoms with E-state index in [-0.39, 0.29) is 23.4 Å². The highest BCUT2D eigenvalue weighted by atomic mass is 19.1. The number of carbonyl (C=O) groups is 2. The first-order chi connectivity index (χ1) is 8.57. The fourth-order valence-corrected chi connectivity index (χ4v) is 1.92. The summed E-state index contributed by atoms with van der Waals surface area (Å²) in [4.78, 5) is 24.9. The van der Waals surface area contributed by atoms with Gasteiger partial charge in [0.1, 0.15) is 12.5 Å². The van der Waals surface area contributed by atoms with Crippen molar-refractivity contribution < 1.29 is 18.7 Å². The third-order valence-corrected chi connectivity index (χ3v) is 2.80. The Labute approximate surface area is 104 Å². The fourth-order valence-electron chi connectivity index (χ4n) is 1.92. The van der Waals surface area contributed by atoms with Crippen LogP contribution < -0.4 is 0 Å². The minimum atomic E-state index is -0.524. The molecule has 0 bridgehead atoms. The second-order valence-corrected chi connectivity index (χ2v) is 3.94. The van der Waals surface area contributed by atoms with Gasteiger partial charge in [-0.15, -0.1) is 0 Å². The highest BCUT2D eigenvalue weighted by Crippen LogP contribution is 2.30. The predicted octanol–water partition coefficient (Wildman–Crippen LogP) is 1.57. The molecule has 0 radical (unpaired) electrons. The molecule has 1 heterocycles. The number of imide groups is 1. The zero-order valence-corrected chi connectivity index (χ0v) is 10.1. The predicted molar refractivity (Wildman–Crippen MR) is 62.7 cm³/mol. The number of hydrogen-bond acceptors (Lipinski definition) is 3. The number of nitrogens with zero attached hydrogens (tertiary/aromatic N) is 1. The number of rotatable bonds is 3. The molecule has 0 aromatic heterocycles. The summed E-state index contributed by atoms with van der Waals surface area (Å²) < 4.78 is 18.5. The van der Waals surface area contributed by atoms with Crippen molar-refractivity contribution in [3.05, 3.63) is 41.2 Å². The molecular weight excluding hydrogens is 237 g/mol. The van der Waals surface area contributed by atoms with Crippen LogP contribution in [0, 0.1) is 5.82 Å². The number of halogens is 1. The van der Waals surface area contributed by atoms with Gasteiger partial charge in [0, 0.05) is 18.2 Å². The van der Waals surface area contributed by atoms with Gasteiger partial charge >= 0.3 is 0 Å². The summed E-state index contributed by atoms with van der Waals surface area (Å²) in [6.07, 6.45) is 0. The third-order valence-electron chi connectivity index (χ3n) is 2.80. The summed E-state index contributed by atoms with van der Waals surface area (Å²) in [6, 6.07) is 5.89. The second-order valence-electron chi connectivity index (χ2n) is 3.94. The molecule has 0 N–H and O–H groups in total. The van der Waals surface area contributed by atoms with Crippen LogP contribution in [0.25, 0.3) is 5.57 Å². The average Bonchev–Trinajstić information content (AvgIpc) is 2.55. The zero-order valence-electron chi connectivity index (χ0n) is 10.1. The highest BCUT2D eigenvalue weighted by Gasteiger charge is 2.37. The zero-order chi connectivity index (χ0) is 13.3. The summed E-state index contributed by atoms with van der Waals surface area (Å²) in [5, 5.41) is 0. The fraction of sp³-hybridized carbons (Fsp3) is 0.231. The summed E-state index contributed by atoms with van der Waals surface area (Å²) in [5.74, 6) is -1.49. The number of methoxy groups -OCH3 is 1. The average molecular weight is 249 g/mol. The van der Waals surface area contributed by atoms with Gasteiger partial charge in [-0.25, -0.2) is 4.39 Å². The van der Waals surface area contributed by atoms with Crippen molar-refractivity contribution in [2.45, 2.75) is 6.92 Å². The molecule has 18 heavy (non-hydrogen) atoms. The van der Waals surface area contributed by atoms with Crippen LogP contribution in [-0.2, 0) is 14.3 Å². The van der Waals surface area contributed by atoms with Crippen molar-refractivity contribution in [2.75, 3.05) is 13.8 Å². The van der Waals surface area contributed by atoms with Crippen molar-refractivity contribution in [1.29, 1.82) is 0 Å². The van der Waals surface area contributed by atoms with Gasteiger partial charge in [0.05, 0.1) is 5.57 Å². The Kier molecular flexibility index (Phi) is 3.25. The molecule has 2 rings (SSSR count). The van der Waals surface area contributed by atoms with Gasteiger partial charge in [0.2, 0.25) is 0 Å². The van der Waals surface area contributed by atoms with Crippen LogP contribution in [0.1, 0.15) is 12.5 Å². The SMILES string of the molecule is COCN1C(=O)C(C)=C(c2ccccc2F)C1=O. The van der Waals surface area contributed by atoms with E-state index < -0.39 is 17.6 Å². The van der Waals surface area contributed by atoms with E-state index in [0.29, 0.717) is 0 Å². The molecule has 4 nitrogen and oxygen atoms in total. The molecule has 2 amide bonds. The topological polar surface area (TPSA) is 46.6 Å². The number of carbonyl (C=O) groups excluding carboxylic acids is 2. The Morgan fingerprint density at radius 1 is 1.22 bits per heavy atom. The number of benzene rings is 1. The molecule has 1 aromatic rings. The quantitative estimate of drug-likeness (QED) is 0.764. The largest absolute Gasteiger partial charge is 0.364 e. The molecule has 5 heteroatoms. The van der Waals surface area contributed by atoms with Crippen molar-refractivity contribution in [3.8, 4) is 0 Å². The Morgan fingerprint density at radius 3 is 2.50 bits per heavy atom. The maximum atomic E-state index is 13.7. The van der Waals surface area contributed by atoms with Crippen LogP contribution >= 0.6 is 0 Å². The van der Waals surface area contributed by atoms with Gasteiger partial charge in [-0.1, -0.05) is 18.2 Å². The van der Waals surface area contributed by atoms with E-state index >= 15 is 0 Å². The lowest BCUT2D eigenvalue weighted by Gasteiger charge is -2.13. The lowest BCUT2D eigenvalue weighted by molar-refractivity contribution is -0.141. The number of hydrogen-bond donors (Lipinski definition) is 0. The standard InChI is InChI=1S/C13H12FNO3/c1-8-11(9-5-3-4-6-10(9)14)13(17)15(7-18-2)12(8)16/h3-6H,7H2,1-2H3. The molecule has 1 aliphatic rings. The van der Waals surface area contributed by atoms with Gasteiger partial charge in [-0.3, -0.25) is 14.5 Å². The summed E-state index contributed by atoms with van der Waals surface area (Å²) in [5.41, 5.74) is 0.490. The molecule has 1 aliphatic heterocycles. The number of amides is 2. The first-order valence-corrected chi connectivity index (χ1v) is 5.38. The highest BCUT2D eigenvalue weighted by molar-refractivity contribution is 6.35. The van der Waals surface area contributed by atoms with E-state index in [1.165, 1.54) is 32.2 Å². The molecule has 0 spiro atoms. The van der Waals surface area contributed by atoms with Crippen LogP contribution in [0.4, 0.5) is 4.39 Å². The normalized spacial score (nSPS) is 15.8. The summed E-state index contributed by atoms with van der Waals surface area (Å²) in [7, 11) is 1.39. The van der Waals surface area contributed by atoms with Crippen LogP contribution in [0.5, 0.6) is 0 Å². The number of ether oxygens (including phenoxy) is 1. The van der Waals surface area contributed by atoms with E-state index in [1.807, 2.05) is 0 Å². The van der Waals surface area contributed by atoms with Crippen molar-refractivity contribution >= 4 is 17.4 Å². The van der Waals surface area contributed by atoms with Gasteiger partial charge in [-0.05, 0) is 13.0 Å². The summed E-state index contributed by atoms with van der Waals surface area (Å²) in [6.45, 7) is 1.38. The van der Waals surface area contributed by atoms with Crippen LogP contribution in [0.3, 0.4) is 0 Å². The Hall–Kier alpha value is -2.01. The van der Waals surface area contributed by atoms with E-state index in [4.69, 9.17) is 4.74 Å². The van der Waals surface area contributed by atoms with Crippen LogP contribution in [-0.4, -0.2) is 30.6 Å². The first-order valence-electron chi connectivity index (χ1n) is 5.38. The third kappa shape index (κ3) is 1.82. The minimum absolute atomic E-state index is 0.107. The molecule has 0 aliphatic carbocycles. The molecule has 1 aromatic carbocycles. The van der Waals surface area contributed by atoms with Crippen molar-refractivity contribution in [3.63, 3.8) is 0 Å². The molecule has 0 atom stereocenters. The van der Waals surface area contributed by atoms with Gasteiger partial charge in [-0.2, -0.15) is 0 Å². The molecular formula is C13H12FNO3. The van der Waals surface area contributed by atoms with E-state index in [9.17, 15) is 14.0 Å². The van der Waals surface area contributed by atoms with E-state index in [1.54, 1.807) is 6.07 Å². The lowest BCUT2D eigenvalue weighted by atomic mass is 10.0. The lowest BCUT2D eigenvalue weighted by Crippen LogP contribution is -2.33. The van der Waals surface area contributed by atoms with Crippen molar-refractivity contribution in [2.24, 2.45) is 0 Å². The Morgan fingerprint density at radius 2 is 1.89 bits per heavy atom. The molecule has 94 valence electrons. The monoisotopic (exact) mass is 249 g/mol. The smallest absolute Gasteiger partial charge is 0.263 e. The first kappa shape index (κ1) is 12.4. The maximum Gasteiger partial charge on any atom is 0.263 e. The van der Waals surface area contributed by atoms with E-state index in [2.05, 4.69) is 0 Å². The van der Waals surface area contributed by atoms with Gasteiger partial charge in [0.25, 0.3) is 11.8 Å². The molecule has 0 saturated heterocycles. The Bertz CT molecular complexity index is 551.